The Morgan fingerprint density at radius 2 is 1.51 bits per heavy atom. The van der Waals surface area contributed by atoms with Crippen molar-refractivity contribution in [2.24, 2.45) is 17.0 Å². The van der Waals surface area contributed by atoms with Crippen molar-refractivity contribution in [3.63, 3.8) is 0 Å². The van der Waals surface area contributed by atoms with Crippen molar-refractivity contribution in [1.82, 2.24) is 0 Å². The minimum Gasteiger partial charge on any atom is -0.453 e. The van der Waals surface area contributed by atoms with Gasteiger partial charge in [-0.25, -0.2) is 4.79 Å². The van der Waals surface area contributed by atoms with Crippen molar-refractivity contribution in [2.45, 2.75) is 88.8 Å². The van der Waals surface area contributed by atoms with E-state index in [4.69, 9.17) is 28.1 Å². The normalized spacial score (nSPS) is 31.5. The van der Waals surface area contributed by atoms with Gasteiger partial charge >= 0.3 is 5.97 Å². The summed E-state index contributed by atoms with van der Waals surface area (Å²) in [6.07, 6.45) is -5.47. The molecule has 260 valence electrons. The second-order valence-corrected chi connectivity index (χ2v) is 18.4. The molecule has 0 aromatic heterocycles. The maximum absolute atomic E-state index is 13.0. The van der Waals surface area contributed by atoms with Gasteiger partial charge in [-0.3, -0.25) is 0 Å². The summed E-state index contributed by atoms with van der Waals surface area (Å²) < 4.78 is 38.3. The highest BCUT2D eigenvalue weighted by Gasteiger charge is 2.55. The van der Waals surface area contributed by atoms with Crippen LogP contribution >= 0.6 is 0 Å². The Kier molecular flexibility index (Phi) is 10.6. The number of fused-ring (bicyclic) bond motifs is 2. The maximum Gasteiger partial charge on any atom is 0.338 e. The van der Waals surface area contributed by atoms with Gasteiger partial charge < -0.3 is 33.2 Å². The summed E-state index contributed by atoms with van der Waals surface area (Å²) >= 11 is 0. The van der Waals surface area contributed by atoms with Crippen LogP contribution in [0, 0.1) is 11.8 Å². The van der Waals surface area contributed by atoms with Gasteiger partial charge in [-0.05, 0) is 33.1 Å². The smallest absolute Gasteiger partial charge is 0.338 e. The Hall–Kier alpha value is -3.58. The van der Waals surface area contributed by atoms with Gasteiger partial charge in [0, 0.05) is 16.7 Å². The van der Waals surface area contributed by atoms with Crippen LogP contribution in [-0.2, 0) is 28.1 Å². The number of carbonyl (C=O) groups excluding carboxylic acids is 1. The number of carbonyl (C=O) groups is 1. The summed E-state index contributed by atoms with van der Waals surface area (Å²) in [5.41, 5.74) is 9.89. The molecule has 11 nitrogen and oxygen atoms in total. The largest absolute Gasteiger partial charge is 0.453 e. The Labute approximate surface area is 288 Å². The Morgan fingerprint density at radius 3 is 2.08 bits per heavy atom. The number of nitrogens with zero attached hydrogens (tertiary/aromatic N) is 3. The van der Waals surface area contributed by atoms with Crippen LogP contribution in [0.4, 0.5) is 0 Å². The van der Waals surface area contributed by atoms with E-state index in [1.165, 1.54) is 0 Å². The molecule has 12 heteroatoms. The topological polar surface area (TPSA) is 141 Å². The molecule has 3 heterocycles. The standard InChI is InChI=1S/C37H45N3O8Si/c1-23-28(22-44-49(37(3,4)5,26-17-11-7-12-18-26)27-19-13-8-14-20-27)45-35(30(31(23)41)39-40-38)48-32-24(2)33(36-43-21-29(32)46-36)47-34(42)25-15-9-6-10-16-25/h6-20,23-24,28-33,35-36,41H,21-22H2,1-5H3/t23-,24+,28?,29?,30?,31+,32?,33+,35+,36?/m1/s1. The van der Waals surface area contributed by atoms with Gasteiger partial charge in [0.15, 0.2) is 18.7 Å². The van der Waals surface area contributed by atoms with Gasteiger partial charge in [0.2, 0.25) is 0 Å². The lowest BCUT2D eigenvalue weighted by molar-refractivity contribution is -0.298. The third-order valence-electron chi connectivity index (χ3n) is 10.1. The third kappa shape index (κ3) is 6.93. The van der Waals surface area contributed by atoms with Crippen LogP contribution in [0.5, 0.6) is 0 Å². The minimum absolute atomic E-state index is 0.164. The van der Waals surface area contributed by atoms with E-state index < -0.39 is 69.3 Å². The van der Waals surface area contributed by atoms with E-state index in [1.54, 1.807) is 24.3 Å². The summed E-state index contributed by atoms with van der Waals surface area (Å²) in [4.78, 5) is 16.0. The molecule has 0 amide bonds. The SMILES string of the molecule is C[C@@H]1C(CO[Si](c2ccccc2)(c2ccccc2)C(C)(C)C)O[C@@H](OC2C3COC(O3)[C@@H](OC(=O)c3ccccc3)[C@H]2C)C(N=[N+]=[N-])[C@H]1O. The average molecular weight is 688 g/mol. The van der Waals surface area contributed by atoms with Crippen LogP contribution in [0.3, 0.4) is 0 Å². The molecule has 5 unspecified atom stereocenters. The fourth-order valence-electron chi connectivity index (χ4n) is 7.38. The van der Waals surface area contributed by atoms with Crippen LogP contribution < -0.4 is 10.4 Å². The molecular formula is C37H45N3O8Si. The molecule has 3 aromatic rings. The van der Waals surface area contributed by atoms with Gasteiger partial charge in [-0.1, -0.05) is 119 Å². The highest BCUT2D eigenvalue weighted by molar-refractivity contribution is 6.99. The fraction of sp³-hybridized carbons (Fsp3) is 0.486. The number of ether oxygens (including phenoxy) is 5. The highest BCUT2D eigenvalue weighted by atomic mass is 28.4. The number of benzene rings is 3. The molecule has 2 bridgehead atoms. The Bertz CT molecular complexity index is 1560. The zero-order valence-corrected chi connectivity index (χ0v) is 29.5. The van der Waals surface area contributed by atoms with Crippen LogP contribution in [0.15, 0.2) is 96.1 Å². The molecule has 0 spiro atoms. The van der Waals surface area contributed by atoms with Gasteiger partial charge in [0.1, 0.15) is 12.1 Å². The Morgan fingerprint density at radius 1 is 0.918 bits per heavy atom. The van der Waals surface area contributed by atoms with Crippen molar-refractivity contribution in [1.29, 1.82) is 0 Å². The van der Waals surface area contributed by atoms with E-state index in [1.807, 2.05) is 56.3 Å². The van der Waals surface area contributed by atoms with E-state index in [2.05, 4.69) is 55.1 Å². The van der Waals surface area contributed by atoms with Gasteiger partial charge in [-0.15, -0.1) is 0 Å². The van der Waals surface area contributed by atoms with Crippen molar-refractivity contribution in [3.05, 3.63) is 107 Å². The number of hydrogen-bond acceptors (Lipinski definition) is 9. The number of esters is 1. The van der Waals surface area contributed by atoms with Gasteiger partial charge in [0.25, 0.3) is 8.32 Å². The van der Waals surface area contributed by atoms with Crippen LogP contribution in [0.25, 0.3) is 10.4 Å². The molecule has 10 atom stereocenters. The molecule has 1 N–H and O–H groups in total. The quantitative estimate of drug-likeness (QED) is 0.104. The molecule has 3 fully saturated rings. The first kappa shape index (κ1) is 35.3. The fourth-order valence-corrected chi connectivity index (χ4v) is 11.9. The maximum atomic E-state index is 13.0. The molecule has 3 aliphatic heterocycles. The van der Waals surface area contributed by atoms with E-state index in [0.717, 1.165) is 10.4 Å². The average Bonchev–Trinajstić information content (AvgIpc) is 3.55. The van der Waals surface area contributed by atoms with Crippen molar-refractivity contribution < 1.29 is 38.0 Å². The summed E-state index contributed by atoms with van der Waals surface area (Å²) in [5.74, 6) is -1.33. The molecule has 0 aliphatic carbocycles. The second-order valence-electron chi connectivity index (χ2n) is 14.1. The lowest BCUT2D eigenvalue weighted by Gasteiger charge is -2.47. The number of aliphatic hydroxyl groups excluding tert-OH is 1. The molecule has 6 rings (SSSR count). The molecule has 0 radical (unpaired) electrons. The number of rotatable bonds is 10. The van der Waals surface area contributed by atoms with Crippen LogP contribution in [0.1, 0.15) is 45.0 Å². The Balaban J connectivity index is 1.26. The first-order valence-corrected chi connectivity index (χ1v) is 18.8. The molecule has 0 saturated carbocycles. The summed E-state index contributed by atoms with van der Waals surface area (Å²) in [6, 6.07) is 28.3. The van der Waals surface area contributed by atoms with Gasteiger partial charge in [0.05, 0.1) is 37.1 Å². The second kappa shape index (κ2) is 14.7. The zero-order valence-electron chi connectivity index (χ0n) is 28.5. The minimum atomic E-state index is -2.93. The van der Waals surface area contributed by atoms with E-state index in [-0.39, 0.29) is 24.2 Å². The molecule has 3 aliphatic rings. The summed E-state index contributed by atoms with van der Waals surface area (Å²) in [5, 5.41) is 17.5. The summed E-state index contributed by atoms with van der Waals surface area (Å²) in [7, 11) is -2.93. The van der Waals surface area contributed by atoms with Crippen molar-refractivity contribution >= 4 is 24.7 Å². The van der Waals surface area contributed by atoms with Gasteiger partial charge in [-0.2, -0.15) is 0 Å². The first-order chi connectivity index (χ1) is 23.5. The van der Waals surface area contributed by atoms with E-state index in [9.17, 15) is 15.4 Å². The third-order valence-corrected chi connectivity index (χ3v) is 15.1. The summed E-state index contributed by atoms with van der Waals surface area (Å²) in [6.45, 7) is 10.7. The van der Waals surface area contributed by atoms with Crippen LogP contribution in [0.2, 0.25) is 5.04 Å². The molecule has 49 heavy (non-hydrogen) atoms. The predicted octanol–water partition coefficient (Wildman–Crippen LogP) is 4.97. The lowest BCUT2D eigenvalue weighted by atomic mass is 9.89. The number of hydrogen-bond donors (Lipinski definition) is 1. The van der Waals surface area contributed by atoms with Crippen LogP contribution in [-0.4, -0.2) is 81.7 Å². The highest BCUT2D eigenvalue weighted by Crippen LogP contribution is 2.41. The lowest BCUT2D eigenvalue weighted by Crippen LogP contribution is -2.68. The van der Waals surface area contributed by atoms with Crippen molar-refractivity contribution in [3.8, 4) is 0 Å². The molecule has 3 aromatic carbocycles. The monoisotopic (exact) mass is 687 g/mol. The number of aliphatic hydroxyl groups is 1. The number of azide groups is 1. The van der Waals surface area contributed by atoms with E-state index in [0.29, 0.717) is 5.56 Å². The molecular weight excluding hydrogens is 643 g/mol. The van der Waals surface area contributed by atoms with Crippen molar-refractivity contribution in [2.75, 3.05) is 13.2 Å². The predicted molar refractivity (Wildman–Crippen MR) is 185 cm³/mol. The first-order valence-electron chi connectivity index (χ1n) is 16.9. The zero-order chi connectivity index (χ0) is 34.8. The molecule has 3 saturated heterocycles. The van der Waals surface area contributed by atoms with E-state index >= 15 is 0 Å².